The van der Waals surface area contributed by atoms with Gasteiger partial charge in [0, 0.05) is 0 Å². The highest BCUT2D eigenvalue weighted by atomic mass is 32.1. The van der Waals surface area contributed by atoms with E-state index in [2.05, 4.69) is 67.6 Å². The lowest BCUT2D eigenvalue weighted by atomic mass is 10.1. The van der Waals surface area contributed by atoms with Gasteiger partial charge < -0.3 is 0 Å². The summed E-state index contributed by atoms with van der Waals surface area (Å²) >= 11 is 7.37. The lowest BCUT2D eigenvalue weighted by molar-refractivity contribution is 0.775. The second kappa shape index (κ2) is 7.59. The van der Waals surface area contributed by atoms with Crippen LogP contribution >= 0.6 is 23.6 Å². The van der Waals surface area contributed by atoms with E-state index in [-0.39, 0.29) is 5.56 Å². The van der Waals surface area contributed by atoms with Gasteiger partial charge in [0.05, 0.1) is 22.3 Å². The standard InChI is InChI=1S/C26H22N2OS2/c1-16-9-12-19(13-10-16)23-24-27(15-20-14-17(2)8-11-18(20)3)25(29)21-6-4-5-7-22(21)28(24)26(30)31-23/h4-14H,15H2,1-3H3. The van der Waals surface area contributed by atoms with E-state index in [4.69, 9.17) is 12.2 Å². The van der Waals surface area contributed by atoms with Gasteiger partial charge >= 0.3 is 0 Å². The third kappa shape index (κ3) is 3.34. The van der Waals surface area contributed by atoms with Crippen molar-refractivity contribution in [1.29, 1.82) is 0 Å². The van der Waals surface area contributed by atoms with Crippen molar-refractivity contribution in [2.24, 2.45) is 0 Å². The Morgan fingerprint density at radius 2 is 1.61 bits per heavy atom. The molecule has 0 N–H and O–H groups in total. The summed E-state index contributed by atoms with van der Waals surface area (Å²) in [6.07, 6.45) is 0. The van der Waals surface area contributed by atoms with Gasteiger partial charge in [0.25, 0.3) is 5.56 Å². The van der Waals surface area contributed by atoms with Gasteiger partial charge in [-0.25, -0.2) is 0 Å². The number of para-hydroxylation sites is 1. The maximum absolute atomic E-state index is 13.7. The highest BCUT2D eigenvalue weighted by Crippen LogP contribution is 2.33. The zero-order chi connectivity index (χ0) is 21.7. The Balaban J connectivity index is 1.91. The summed E-state index contributed by atoms with van der Waals surface area (Å²) in [6.45, 7) is 6.76. The Bertz CT molecular complexity index is 1570. The number of hydrogen-bond acceptors (Lipinski definition) is 3. The molecule has 0 fully saturated rings. The summed E-state index contributed by atoms with van der Waals surface area (Å²) in [4.78, 5) is 14.7. The summed E-state index contributed by atoms with van der Waals surface area (Å²) in [7, 11) is 0. The zero-order valence-electron chi connectivity index (χ0n) is 17.7. The molecular formula is C26H22N2OS2. The SMILES string of the molecule is Cc1ccc(-c2sc(=S)n3c4ccccc4c(=O)n(Cc4cc(C)ccc4C)c23)cc1. The summed E-state index contributed by atoms with van der Waals surface area (Å²) in [6, 6.07) is 22.6. The second-order valence-electron chi connectivity index (χ2n) is 8.06. The molecule has 0 saturated carbocycles. The molecule has 0 aliphatic rings. The quantitative estimate of drug-likeness (QED) is 0.291. The van der Waals surface area contributed by atoms with Gasteiger partial charge in [-0.3, -0.25) is 13.8 Å². The number of benzene rings is 3. The van der Waals surface area contributed by atoms with Crippen LogP contribution in [-0.4, -0.2) is 8.97 Å². The molecule has 0 unspecified atom stereocenters. The van der Waals surface area contributed by atoms with Crippen LogP contribution in [0.2, 0.25) is 0 Å². The number of thiazole rings is 1. The van der Waals surface area contributed by atoms with E-state index in [1.165, 1.54) is 16.7 Å². The van der Waals surface area contributed by atoms with Gasteiger partial charge in [-0.2, -0.15) is 0 Å². The van der Waals surface area contributed by atoms with E-state index in [1.54, 1.807) is 11.3 Å². The molecule has 0 aliphatic heterocycles. The molecular weight excluding hydrogens is 420 g/mol. The van der Waals surface area contributed by atoms with Crippen molar-refractivity contribution in [2.45, 2.75) is 27.3 Å². The summed E-state index contributed by atoms with van der Waals surface area (Å²) < 4.78 is 4.71. The first-order valence-electron chi connectivity index (χ1n) is 10.2. The number of aromatic nitrogens is 2. The maximum atomic E-state index is 13.7. The van der Waals surface area contributed by atoms with Crippen molar-refractivity contribution in [2.75, 3.05) is 0 Å². The van der Waals surface area contributed by atoms with Gasteiger partial charge in [0.1, 0.15) is 5.65 Å². The van der Waals surface area contributed by atoms with Crippen LogP contribution in [0.25, 0.3) is 27.0 Å². The molecule has 2 aromatic heterocycles. The number of nitrogens with zero attached hydrogens (tertiary/aromatic N) is 2. The van der Waals surface area contributed by atoms with Crippen molar-refractivity contribution in [3.05, 3.63) is 103 Å². The molecule has 0 amide bonds. The molecule has 0 radical (unpaired) electrons. The van der Waals surface area contributed by atoms with Gasteiger partial charge in [-0.05, 0) is 61.8 Å². The van der Waals surface area contributed by atoms with Crippen LogP contribution in [0.4, 0.5) is 0 Å². The fourth-order valence-electron chi connectivity index (χ4n) is 4.09. The molecule has 0 spiro atoms. The van der Waals surface area contributed by atoms with Crippen LogP contribution in [-0.2, 0) is 6.54 Å². The van der Waals surface area contributed by atoms with Crippen LogP contribution in [0.1, 0.15) is 22.3 Å². The molecule has 3 nitrogen and oxygen atoms in total. The summed E-state index contributed by atoms with van der Waals surface area (Å²) in [5.41, 5.74) is 7.52. The normalized spacial score (nSPS) is 11.5. The van der Waals surface area contributed by atoms with Crippen molar-refractivity contribution in [3.63, 3.8) is 0 Å². The molecule has 0 saturated heterocycles. The average Bonchev–Trinajstić information content (AvgIpc) is 3.11. The molecule has 154 valence electrons. The van der Waals surface area contributed by atoms with E-state index >= 15 is 0 Å². The van der Waals surface area contributed by atoms with E-state index in [0.29, 0.717) is 11.9 Å². The molecule has 5 rings (SSSR count). The summed E-state index contributed by atoms with van der Waals surface area (Å²) in [5, 5.41) is 0.685. The first-order valence-corrected chi connectivity index (χ1v) is 11.5. The summed E-state index contributed by atoms with van der Waals surface area (Å²) in [5.74, 6) is 0. The average molecular weight is 443 g/mol. The first kappa shape index (κ1) is 19.9. The molecule has 31 heavy (non-hydrogen) atoms. The maximum Gasteiger partial charge on any atom is 0.261 e. The largest absolute Gasteiger partial charge is 0.288 e. The monoisotopic (exact) mass is 442 g/mol. The fourth-order valence-corrected chi connectivity index (χ4v) is 5.53. The molecule has 5 aromatic rings. The third-order valence-corrected chi connectivity index (χ3v) is 7.22. The lowest BCUT2D eigenvalue weighted by Crippen LogP contribution is -2.24. The highest BCUT2D eigenvalue weighted by molar-refractivity contribution is 7.73. The van der Waals surface area contributed by atoms with Crippen molar-refractivity contribution < 1.29 is 0 Å². The minimum absolute atomic E-state index is 0.0117. The Morgan fingerprint density at radius 3 is 2.39 bits per heavy atom. The van der Waals surface area contributed by atoms with Gasteiger partial charge in [0.2, 0.25) is 0 Å². The molecule has 0 atom stereocenters. The van der Waals surface area contributed by atoms with Gasteiger partial charge in [-0.1, -0.05) is 65.7 Å². The van der Waals surface area contributed by atoms with E-state index in [9.17, 15) is 4.79 Å². The fraction of sp³-hybridized carbons (Fsp3) is 0.154. The Labute approximate surface area is 189 Å². The first-order chi connectivity index (χ1) is 14.9. The van der Waals surface area contributed by atoms with E-state index < -0.39 is 0 Å². The molecule has 5 heteroatoms. The number of aryl methyl sites for hydroxylation is 3. The van der Waals surface area contributed by atoms with Crippen molar-refractivity contribution in [3.8, 4) is 10.4 Å². The topological polar surface area (TPSA) is 26.4 Å². The molecule has 0 bridgehead atoms. The van der Waals surface area contributed by atoms with Crippen molar-refractivity contribution in [1.82, 2.24) is 8.97 Å². The van der Waals surface area contributed by atoms with Gasteiger partial charge in [-0.15, -0.1) is 11.3 Å². The number of rotatable bonds is 3. The minimum Gasteiger partial charge on any atom is -0.288 e. The lowest BCUT2D eigenvalue weighted by Gasteiger charge is -2.15. The highest BCUT2D eigenvalue weighted by Gasteiger charge is 2.18. The second-order valence-corrected chi connectivity index (χ2v) is 9.70. The Kier molecular flexibility index (Phi) is 4.88. The molecule has 2 heterocycles. The number of hydrogen-bond donors (Lipinski definition) is 0. The van der Waals surface area contributed by atoms with Crippen LogP contribution in [0.3, 0.4) is 0 Å². The minimum atomic E-state index is 0.0117. The third-order valence-electron chi connectivity index (χ3n) is 5.81. The van der Waals surface area contributed by atoms with E-state index in [0.717, 1.165) is 31.1 Å². The smallest absolute Gasteiger partial charge is 0.261 e. The zero-order valence-corrected chi connectivity index (χ0v) is 19.3. The van der Waals surface area contributed by atoms with Crippen molar-refractivity contribution >= 4 is 40.1 Å². The van der Waals surface area contributed by atoms with Gasteiger partial charge in [0.15, 0.2) is 3.95 Å². The number of fused-ring (bicyclic) bond motifs is 3. The molecule has 3 aromatic carbocycles. The predicted octanol–water partition coefficient (Wildman–Crippen LogP) is 6.69. The van der Waals surface area contributed by atoms with Crippen LogP contribution in [0.5, 0.6) is 0 Å². The Morgan fingerprint density at radius 1 is 0.903 bits per heavy atom. The predicted molar refractivity (Wildman–Crippen MR) is 133 cm³/mol. The van der Waals surface area contributed by atoms with Crippen LogP contribution < -0.4 is 5.56 Å². The molecule has 0 aliphatic carbocycles. The van der Waals surface area contributed by atoms with Crippen LogP contribution in [0, 0.1) is 24.7 Å². The van der Waals surface area contributed by atoms with E-state index in [1.807, 2.05) is 28.8 Å². The van der Waals surface area contributed by atoms with Crippen LogP contribution in [0.15, 0.2) is 71.5 Å². The Hall–Kier alpha value is -3.02.